The molecule has 0 aliphatic carbocycles. The molecule has 5 heteroatoms. The Balaban J connectivity index is 1.93. The van der Waals surface area contributed by atoms with E-state index in [0.29, 0.717) is 11.6 Å². The van der Waals surface area contributed by atoms with Crippen molar-refractivity contribution >= 4 is 45.2 Å². The van der Waals surface area contributed by atoms with Crippen LogP contribution in [0.5, 0.6) is 0 Å². The zero-order valence-corrected chi connectivity index (χ0v) is 11.6. The van der Waals surface area contributed by atoms with Crippen LogP contribution in [0.3, 0.4) is 0 Å². The molecule has 0 atom stereocenters. The number of nitrogen functional groups attached to an aromatic ring is 1. The molecule has 0 unspecified atom stereocenters. The third-order valence-corrected chi connectivity index (χ3v) is 4.20. The van der Waals surface area contributed by atoms with Crippen LogP contribution in [0, 0.1) is 0 Å². The number of pyridine rings is 1. The maximum atomic E-state index is 6.17. The summed E-state index contributed by atoms with van der Waals surface area (Å²) in [5.41, 5.74) is 8.54. The fourth-order valence-corrected chi connectivity index (χ4v) is 2.90. The zero-order valence-electron chi connectivity index (χ0n) is 10.1. The van der Waals surface area contributed by atoms with Crippen molar-refractivity contribution < 1.29 is 0 Å². The summed E-state index contributed by atoms with van der Waals surface area (Å²) in [6, 6.07) is 9.59. The lowest BCUT2D eigenvalue weighted by Crippen LogP contribution is -2.01. The normalized spacial score (nSPS) is 10.8. The van der Waals surface area contributed by atoms with E-state index < -0.39 is 0 Å². The van der Waals surface area contributed by atoms with Gasteiger partial charge in [0.05, 0.1) is 22.8 Å². The van der Waals surface area contributed by atoms with Gasteiger partial charge in [0.1, 0.15) is 0 Å². The molecule has 2 heterocycles. The molecule has 3 nitrogen and oxygen atoms in total. The molecule has 0 saturated heterocycles. The highest BCUT2D eigenvalue weighted by Crippen LogP contribution is 2.29. The van der Waals surface area contributed by atoms with Gasteiger partial charge in [0, 0.05) is 22.1 Å². The number of thiophene rings is 1. The SMILES string of the molecule is Nc1ccsc1CNc1ccc(Cl)c2cccnc12. The predicted octanol–water partition coefficient (Wildman–Crippen LogP) is 4.14. The van der Waals surface area contributed by atoms with Gasteiger partial charge in [-0.15, -0.1) is 11.3 Å². The van der Waals surface area contributed by atoms with Crippen molar-refractivity contribution in [2.24, 2.45) is 0 Å². The molecule has 2 aromatic heterocycles. The van der Waals surface area contributed by atoms with E-state index in [1.165, 1.54) is 0 Å². The molecule has 3 N–H and O–H groups in total. The van der Waals surface area contributed by atoms with Crippen LogP contribution in [0.2, 0.25) is 5.02 Å². The zero-order chi connectivity index (χ0) is 13.2. The van der Waals surface area contributed by atoms with Crippen molar-refractivity contribution in [1.82, 2.24) is 4.98 Å². The summed E-state index contributed by atoms with van der Waals surface area (Å²) < 4.78 is 0. The Hall–Kier alpha value is -1.78. The Bertz CT molecular complexity index is 724. The molecular formula is C14H12ClN3S. The maximum absolute atomic E-state index is 6.17. The second kappa shape index (κ2) is 5.07. The second-order valence-corrected chi connectivity index (χ2v) is 5.56. The van der Waals surface area contributed by atoms with Gasteiger partial charge in [-0.1, -0.05) is 11.6 Å². The lowest BCUT2D eigenvalue weighted by molar-refractivity contribution is 1.20. The number of hydrogen-bond acceptors (Lipinski definition) is 4. The number of hydrogen-bond donors (Lipinski definition) is 2. The summed E-state index contributed by atoms with van der Waals surface area (Å²) in [7, 11) is 0. The van der Waals surface area contributed by atoms with Crippen LogP contribution in [-0.4, -0.2) is 4.98 Å². The third kappa shape index (κ3) is 2.37. The van der Waals surface area contributed by atoms with Crippen LogP contribution in [0.4, 0.5) is 11.4 Å². The Labute approximate surface area is 120 Å². The number of nitrogens with two attached hydrogens (primary N) is 1. The van der Waals surface area contributed by atoms with Crippen LogP contribution in [0.15, 0.2) is 41.9 Å². The van der Waals surface area contributed by atoms with Crippen LogP contribution in [0.1, 0.15) is 4.88 Å². The monoisotopic (exact) mass is 289 g/mol. The Kier molecular flexibility index (Phi) is 3.27. The summed E-state index contributed by atoms with van der Waals surface area (Å²) in [5, 5.41) is 7.02. The summed E-state index contributed by atoms with van der Waals surface area (Å²) in [4.78, 5) is 5.51. The molecule has 3 rings (SSSR count). The molecule has 0 spiro atoms. The third-order valence-electron chi connectivity index (χ3n) is 2.94. The van der Waals surface area contributed by atoms with Gasteiger partial charge in [-0.05, 0) is 35.7 Å². The number of nitrogens with zero attached hydrogens (tertiary/aromatic N) is 1. The summed E-state index contributed by atoms with van der Waals surface area (Å²) in [5.74, 6) is 0. The summed E-state index contributed by atoms with van der Waals surface area (Å²) in [6.45, 7) is 0.691. The molecule has 0 radical (unpaired) electrons. The Morgan fingerprint density at radius 1 is 1.26 bits per heavy atom. The average molecular weight is 290 g/mol. The molecule has 96 valence electrons. The van der Waals surface area contributed by atoms with Gasteiger partial charge in [0.15, 0.2) is 0 Å². The van der Waals surface area contributed by atoms with E-state index in [9.17, 15) is 0 Å². The minimum atomic E-state index is 0.691. The van der Waals surface area contributed by atoms with Crippen molar-refractivity contribution in [2.45, 2.75) is 6.54 Å². The second-order valence-electron chi connectivity index (χ2n) is 4.15. The first-order valence-electron chi connectivity index (χ1n) is 5.84. The highest BCUT2D eigenvalue weighted by Gasteiger charge is 2.06. The van der Waals surface area contributed by atoms with Crippen molar-refractivity contribution in [2.75, 3.05) is 11.1 Å². The number of aromatic nitrogens is 1. The molecule has 19 heavy (non-hydrogen) atoms. The van der Waals surface area contributed by atoms with Gasteiger partial charge in [-0.3, -0.25) is 4.98 Å². The molecule has 0 aliphatic rings. The van der Waals surface area contributed by atoms with Crippen LogP contribution < -0.4 is 11.1 Å². The van der Waals surface area contributed by atoms with Crippen molar-refractivity contribution in [3.8, 4) is 0 Å². The number of fused-ring (bicyclic) bond motifs is 1. The molecule has 3 aromatic rings. The van der Waals surface area contributed by atoms with Gasteiger partial charge >= 0.3 is 0 Å². The molecule has 0 saturated carbocycles. The number of halogens is 1. The van der Waals surface area contributed by atoms with Crippen molar-refractivity contribution in [3.63, 3.8) is 0 Å². The largest absolute Gasteiger partial charge is 0.398 e. The smallest absolute Gasteiger partial charge is 0.0948 e. The van der Waals surface area contributed by atoms with Crippen LogP contribution in [0.25, 0.3) is 10.9 Å². The topological polar surface area (TPSA) is 50.9 Å². The Morgan fingerprint density at radius 3 is 2.95 bits per heavy atom. The lowest BCUT2D eigenvalue weighted by atomic mass is 10.2. The summed E-state index contributed by atoms with van der Waals surface area (Å²) >= 11 is 7.81. The molecule has 0 fully saturated rings. The highest BCUT2D eigenvalue weighted by atomic mass is 35.5. The molecule has 1 aromatic carbocycles. The van der Waals surface area contributed by atoms with Crippen molar-refractivity contribution in [1.29, 1.82) is 0 Å². The summed E-state index contributed by atoms with van der Waals surface area (Å²) in [6.07, 6.45) is 1.77. The number of anilines is 2. The van der Waals surface area contributed by atoms with Gasteiger partial charge < -0.3 is 11.1 Å². The minimum absolute atomic E-state index is 0.691. The van der Waals surface area contributed by atoms with E-state index in [1.807, 2.05) is 35.7 Å². The Morgan fingerprint density at radius 2 is 2.16 bits per heavy atom. The number of rotatable bonds is 3. The first-order valence-corrected chi connectivity index (χ1v) is 7.10. The number of benzene rings is 1. The number of nitrogens with one attached hydrogen (secondary N) is 1. The van der Waals surface area contributed by atoms with Gasteiger partial charge in [-0.25, -0.2) is 0 Å². The lowest BCUT2D eigenvalue weighted by Gasteiger charge is -2.09. The maximum Gasteiger partial charge on any atom is 0.0948 e. The molecule has 0 aliphatic heterocycles. The van der Waals surface area contributed by atoms with E-state index in [0.717, 1.165) is 27.2 Å². The van der Waals surface area contributed by atoms with Gasteiger partial charge in [0.2, 0.25) is 0 Å². The molecule has 0 amide bonds. The standard InChI is InChI=1S/C14H12ClN3S/c15-10-3-4-12(14-9(10)2-1-6-17-14)18-8-13-11(16)5-7-19-13/h1-7,18H,8,16H2. The van der Waals surface area contributed by atoms with E-state index in [2.05, 4.69) is 10.3 Å². The van der Waals surface area contributed by atoms with Crippen LogP contribution in [-0.2, 0) is 6.54 Å². The quantitative estimate of drug-likeness (QED) is 0.762. The van der Waals surface area contributed by atoms with Gasteiger partial charge in [0.25, 0.3) is 0 Å². The van der Waals surface area contributed by atoms with E-state index in [1.54, 1.807) is 17.5 Å². The van der Waals surface area contributed by atoms with Crippen molar-refractivity contribution in [3.05, 3.63) is 51.8 Å². The van der Waals surface area contributed by atoms with E-state index >= 15 is 0 Å². The first-order chi connectivity index (χ1) is 9.25. The minimum Gasteiger partial charge on any atom is -0.398 e. The fourth-order valence-electron chi connectivity index (χ4n) is 1.95. The highest BCUT2D eigenvalue weighted by molar-refractivity contribution is 7.10. The van der Waals surface area contributed by atoms with E-state index in [4.69, 9.17) is 17.3 Å². The van der Waals surface area contributed by atoms with Crippen LogP contribution >= 0.6 is 22.9 Å². The molecular weight excluding hydrogens is 278 g/mol. The molecule has 0 bridgehead atoms. The predicted molar refractivity (Wildman–Crippen MR) is 82.8 cm³/mol. The fraction of sp³-hybridized carbons (Fsp3) is 0.0714. The van der Waals surface area contributed by atoms with Gasteiger partial charge in [-0.2, -0.15) is 0 Å². The van der Waals surface area contributed by atoms with E-state index in [-0.39, 0.29) is 0 Å². The average Bonchev–Trinajstić information content (AvgIpc) is 2.84. The first kappa shape index (κ1) is 12.3.